The summed E-state index contributed by atoms with van der Waals surface area (Å²) in [6.07, 6.45) is -4.34. The highest BCUT2D eigenvalue weighted by Crippen LogP contribution is 2.31. The van der Waals surface area contributed by atoms with Crippen LogP contribution in [-0.4, -0.2) is 43.0 Å². The van der Waals surface area contributed by atoms with Crippen molar-refractivity contribution in [3.63, 3.8) is 0 Å². The molecule has 116 valence electrons. The van der Waals surface area contributed by atoms with Gasteiger partial charge in [-0.05, 0) is 25.1 Å². The molecule has 1 aliphatic heterocycles. The highest BCUT2D eigenvalue weighted by atomic mass is 19.4. The molecule has 1 unspecified atom stereocenters. The first-order valence-corrected chi connectivity index (χ1v) is 6.75. The van der Waals surface area contributed by atoms with E-state index >= 15 is 0 Å². The number of piperazine rings is 1. The number of carbonyl (C=O) groups is 1. The molecule has 1 amide bonds. The summed E-state index contributed by atoms with van der Waals surface area (Å²) in [5.74, 6) is -0.126. The molecule has 0 saturated carbocycles. The average Bonchev–Trinajstić information content (AvgIpc) is 2.46. The maximum Gasteiger partial charge on any atom is 0.416 e. The van der Waals surface area contributed by atoms with Gasteiger partial charge in [-0.25, -0.2) is 0 Å². The number of carbonyl (C=O) groups excluding carboxylic acids is 1. The standard InChI is InChI=1S/C14H18F3N3O/c1-10(18)13(21)20-7-5-19(6-8-20)12-4-2-3-11(9-12)14(15,16)17/h2-4,9-10H,5-8,18H2,1H3. The molecule has 1 aliphatic rings. The first-order valence-electron chi connectivity index (χ1n) is 6.75. The van der Waals surface area contributed by atoms with E-state index in [1.807, 2.05) is 4.90 Å². The van der Waals surface area contributed by atoms with E-state index in [-0.39, 0.29) is 5.91 Å². The number of amides is 1. The smallest absolute Gasteiger partial charge is 0.368 e. The highest BCUT2D eigenvalue weighted by Gasteiger charge is 2.31. The van der Waals surface area contributed by atoms with Crippen LogP contribution in [0.5, 0.6) is 0 Å². The van der Waals surface area contributed by atoms with Crippen LogP contribution < -0.4 is 10.6 Å². The van der Waals surface area contributed by atoms with Crippen molar-refractivity contribution in [3.05, 3.63) is 29.8 Å². The Morgan fingerprint density at radius 2 is 1.86 bits per heavy atom. The lowest BCUT2D eigenvalue weighted by atomic mass is 10.1. The topological polar surface area (TPSA) is 49.6 Å². The van der Waals surface area contributed by atoms with Gasteiger partial charge in [0.1, 0.15) is 0 Å². The van der Waals surface area contributed by atoms with Gasteiger partial charge in [-0.3, -0.25) is 4.79 Å². The average molecular weight is 301 g/mol. The van der Waals surface area contributed by atoms with Crippen LogP contribution in [0.1, 0.15) is 12.5 Å². The summed E-state index contributed by atoms with van der Waals surface area (Å²) >= 11 is 0. The zero-order valence-corrected chi connectivity index (χ0v) is 11.7. The van der Waals surface area contributed by atoms with Crippen LogP contribution in [0.3, 0.4) is 0 Å². The van der Waals surface area contributed by atoms with E-state index in [9.17, 15) is 18.0 Å². The molecular weight excluding hydrogens is 283 g/mol. The van der Waals surface area contributed by atoms with Crippen molar-refractivity contribution >= 4 is 11.6 Å². The molecule has 1 aromatic rings. The van der Waals surface area contributed by atoms with Crippen LogP contribution in [-0.2, 0) is 11.0 Å². The number of alkyl halides is 3. The largest absolute Gasteiger partial charge is 0.416 e. The van der Waals surface area contributed by atoms with Crippen LogP contribution in [0.4, 0.5) is 18.9 Å². The first kappa shape index (κ1) is 15.6. The van der Waals surface area contributed by atoms with E-state index < -0.39 is 17.8 Å². The Balaban J connectivity index is 2.04. The van der Waals surface area contributed by atoms with Gasteiger partial charge in [0.25, 0.3) is 0 Å². The van der Waals surface area contributed by atoms with Crippen molar-refractivity contribution in [3.8, 4) is 0 Å². The predicted octanol–water partition coefficient (Wildman–Crippen LogP) is 1.70. The number of nitrogens with zero attached hydrogens (tertiary/aromatic N) is 2. The Labute approximate surface area is 121 Å². The molecule has 2 rings (SSSR count). The molecular formula is C14H18F3N3O. The number of benzene rings is 1. The second-order valence-corrected chi connectivity index (χ2v) is 5.15. The molecule has 7 heteroatoms. The molecule has 1 fully saturated rings. The van der Waals surface area contributed by atoms with E-state index in [0.29, 0.717) is 31.9 Å². The lowest BCUT2D eigenvalue weighted by Gasteiger charge is -2.37. The highest BCUT2D eigenvalue weighted by molar-refractivity contribution is 5.81. The minimum absolute atomic E-state index is 0.126. The monoisotopic (exact) mass is 301 g/mol. The predicted molar refractivity (Wildman–Crippen MR) is 73.9 cm³/mol. The quantitative estimate of drug-likeness (QED) is 0.904. The summed E-state index contributed by atoms with van der Waals surface area (Å²) < 4.78 is 38.1. The number of hydrogen-bond donors (Lipinski definition) is 1. The van der Waals surface area contributed by atoms with Crippen molar-refractivity contribution in [2.45, 2.75) is 19.1 Å². The molecule has 2 N–H and O–H groups in total. The lowest BCUT2D eigenvalue weighted by Crippen LogP contribution is -2.52. The SMILES string of the molecule is CC(N)C(=O)N1CCN(c2cccc(C(F)(F)F)c2)CC1. The summed E-state index contributed by atoms with van der Waals surface area (Å²) in [6.45, 7) is 3.56. The summed E-state index contributed by atoms with van der Waals surface area (Å²) in [5.41, 5.74) is 5.42. The Kier molecular flexibility index (Phi) is 4.41. The number of rotatable bonds is 2. The van der Waals surface area contributed by atoms with Crippen molar-refractivity contribution < 1.29 is 18.0 Å². The molecule has 1 atom stereocenters. The second kappa shape index (κ2) is 5.93. The Morgan fingerprint density at radius 3 is 2.38 bits per heavy atom. The maximum atomic E-state index is 12.7. The zero-order chi connectivity index (χ0) is 15.6. The van der Waals surface area contributed by atoms with Crippen molar-refractivity contribution in [2.75, 3.05) is 31.1 Å². The fraction of sp³-hybridized carbons (Fsp3) is 0.500. The molecule has 0 radical (unpaired) electrons. The summed E-state index contributed by atoms with van der Waals surface area (Å²) in [7, 11) is 0. The molecule has 0 bridgehead atoms. The van der Waals surface area contributed by atoms with Crippen LogP contribution in [0.2, 0.25) is 0 Å². The van der Waals surface area contributed by atoms with Crippen LogP contribution in [0.15, 0.2) is 24.3 Å². The van der Waals surface area contributed by atoms with Crippen LogP contribution >= 0.6 is 0 Å². The normalized spacial score (nSPS) is 17.8. The minimum Gasteiger partial charge on any atom is -0.368 e. The summed E-state index contributed by atoms with van der Waals surface area (Å²) in [4.78, 5) is 15.3. The zero-order valence-electron chi connectivity index (χ0n) is 11.7. The van der Waals surface area contributed by atoms with Gasteiger partial charge in [-0.15, -0.1) is 0 Å². The van der Waals surface area contributed by atoms with Gasteiger partial charge in [0.15, 0.2) is 0 Å². The Morgan fingerprint density at radius 1 is 1.24 bits per heavy atom. The van der Waals surface area contributed by atoms with Crippen LogP contribution in [0, 0.1) is 0 Å². The molecule has 1 saturated heterocycles. The van der Waals surface area contributed by atoms with Gasteiger partial charge in [-0.1, -0.05) is 6.07 Å². The van der Waals surface area contributed by atoms with Crippen molar-refractivity contribution in [1.29, 1.82) is 0 Å². The van der Waals surface area contributed by atoms with E-state index in [1.54, 1.807) is 17.9 Å². The van der Waals surface area contributed by atoms with Crippen LogP contribution in [0.25, 0.3) is 0 Å². The van der Waals surface area contributed by atoms with Gasteiger partial charge in [-0.2, -0.15) is 13.2 Å². The third-order valence-corrected chi connectivity index (χ3v) is 3.52. The number of nitrogens with two attached hydrogens (primary N) is 1. The van der Waals surface area contributed by atoms with Gasteiger partial charge in [0.2, 0.25) is 5.91 Å². The summed E-state index contributed by atoms with van der Waals surface area (Å²) in [5, 5.41) is 0. The van der Waals surface area contributed by atoms with Crippen molar-refractivity contribution in [1.82, 2.24) is 4.90 Å². The molecule has 0 aliphatic carbocycles. The third-order valence-electron chi connectivity index (χ3n) is 3.52. The lowest BCUT2D eigenvalue weighted by molar-refractivity contribution is -0.137. The van der Waals surface area contributed by atoms with Crippen molar-refractivity contribution in [2.24, 2.45) is 5.73 Å². The number of hydrogen-bond acceptors (Lipinski definition) is 3. The Hall–Kier alpha value is -1.76. The molecule has 1 heterocycles. The van der Waals surface area contributed by atoms with E-state index in [4.69, 9.17) is 5.73 Å². The maximum absolute atomic E-state index is 12.7. The van der Waals surface area contributed by atoms with E-state index in [2.05, 4.69) is 0 Å². The van der Waals surface area contributed by atoms with Gasteiger partial charge in [0, 0.05) is 31.9 Å². The number of anilines is 1. The second-order valence-electron chi connectivity index (χ2n) is 5.15. The molecule has 4 nitrogen and oxygen atoms in total. The number of halogens is 3. The van der Waals surface area contributed by atoms with E-state index in [0.717, 1.165) is 12.1 Å². The van der Waals surface area contributed by atoms with E-state index in [1.165, 1.54) is 6.07 Å². The van der Waals surface area contributed by atoms with Gasteiger partial charge < -0.3 is 15.5 Å². The fourth-order valence-corrected chi connectivity index (χ4v) is 2.35. The molecule has 1 aromatic carbocycles. The third kappa shape index (κ3) is 3.66. The summed E-state index contributed by atoms with van der Waals surface area (Å²) in [6, 6.07) is 4.70. The molecule has 21 heavy (non-hydrogen) atoms. The minimum atomic E-state index is -4.34. The molecule has 0 aromatic heterocycles. The Bertz CT molecular complexity index is 508. The van der Waals surface area contributed by atoms with Gasteiger partial charge >= 0.3 is 6.18 Å². The molecule has 0 spiro atoms. The fourth-order valence-electron chi connectivity index (χ4n) is 2.35. The first-order chi connectivity index (χ1) is 9.79. The van der Waals surface area contributed by atoms with Gasteiger partial charge in [0.05, 0.1) is 11.6 Å².